The van der Waals surface area contributed by atoms with Gasteiger partial charge in [0.05, 0.1) is 6.10 Å². The first-order chi connectivity index (χ1) is 10.1. The largest absolute Gasteiger partial charge is 0.377 e. The molecule has 21 heavy (non-hydrogen) atoms. The normalized spacial score (nSPS) is 19.6. The summed E-state index contributed by atoms with van der Waals surface area (Å²) in [6.07, 6.45) is 4.22. The molecular weight excluding hydrogens is 280 g/mol. The maximum Gasteiger partial charge on any atom is 0.0702 e. The van der Waals surface area contributed by atoms with Crippen LogP contribution in [0.1, 0.15) is 42.9 Å². The summed E-state index contributed by atoms with van der Waals surface area (Å²) in [4.78, 5) is 5.29. The Morgan fingerprint density at radius 1 is 1.33 bits per heavy atom. The van der Waals surface area contributed by atoms with E-state index in [1.165, 1.54) is 29.0 Å². The summed E-state index contributed by atoms with van der Waals surface area (Å²) in [5.74, 6) is 0.714. The molecule has 0 bridgehead atoms. The molecule has 0 amide bonds. The molecule has 0 aromatic carbocycles. The standard InChI is InChI=1S/C17H30N2OS/c1-14(2)10-18-11-16-7-8-17(21-16)13-19(3)12-15-6-4-5-9-20-15/h7-8,14-15,18H,4-6,9-13H2,1-3H3. The van der Waals surface area contributed by atoms with Crippen molar-refractivity contribution in [1.29, 1.82) is 0 Å². The van der Waals surface area contributed by atoms with Crippen molar-refractivity contribution < 1.29 is 4.74 Å². The number of rotatable bonds is 8. The summed E-state index contributed by atoms with van der Waals surface area (Å²) in [5, 5.41) is 3.51. The molecule has 2 heterocycles. The molecule has 0 aliphatic carbocycles. The second kappa shape index (κ2) is 8.89. The van der Waals surface area contributed by atoms with Crippen LogP contribution in [0.25, 0.3) is 0 Å². The molecular formula is C17H30N2OS. The summed E-state index contributed by atoms with van der Waals surface area (Å²) in [6, 6.07) is 4.54. The van der Waals surface area contributed by atoms with Gasteiger partial charge in [-0.2, -0.15) is 0 Å². The minimum absolute atomic E-state index is 0.441. The number of hydrogen-bond acceptors (Lipinski definition) is 4. The molecule has 120 valence electrons. The van der Waals surface area contributed by atoms with Crippen LogP contribution in [-0.2, 0) is 17.8 Å². The summed E-state index contributed by atoms with van der Waals surface area (Å²) in [6.45, 7) is 9.62. The Balaban J connectivity index is 1.70. The van der Waals surface area contributed by atoms with Gasteiger partial charge in [0.2, 0.25) is 0 Å². The Hall–Kier alpha value is -0.420. The SMILES string of the molecule is CC(C)CNCc1ccc(CN(C)CC2CCCCO2)s1. The van der Waals surface area contributed by atoms with E-state index in [9.17, 15) is 0 Å². The van der Waals surface area contributed by atoms with Crippen molar-refractivity contribution in [2.24, 2.45) is 5.92 Å². The third-order valence-corrected chi connectivity index (χ3v) is 4.85. The zero-order valence-corrected chi connectivity index (χ0v) is 14.5. The molecule has 2 rings (SSSR count). The molecule has 3 nitrogen and oxygen atoms in total. The van der Waals surface area contributed by atoms with Crippen molar-refractivity contribution in [3.63, 3.8) is 0 Å². The molecule has 1 aromatic heterocycles. The Kier molecular flexibility index (Phi) is 7.17. The van der Waals surface area contributed by atoms with Crippen LogP contribution in [0.3, 0.4) is 0 Å². The minimum Gasteiger partial charge on any atom is -0.377 e. The molecule has 1 atom stereocenters. The van der Waals surface area contributed by atoms with E-state index in [4.69, 9.17) is 4.74 Å². The minimum atomic E-state index is 0.441. The van der Waals surface area contributed by atoms with E-state index in [0.29, 0.717) is 12.0 Å². The van der Waals surface area contributed by atoms with Gasteiger partial charge in [0.1, 0.15) is 0 Å². The summed E-state index contributed by atoms with van der Waals surface area (Å²) >= 11 is 1.93. The molecule has 0 spiro atoms. The number of nitrogens with zero attached hydrogens (tertiary/aromatic N) is 1. The van der Waals surface area contributed by atoms with Crippen molar-refractivity contribution in [3.05, 3.63) is 21.9 Å². The Labute approximate surface area is 133 Å². The number of nitrogens with one attached hydrogen (secondary N) is 1. The van der Waals surface area contributed by atoms with Crippen molar-refractivity contribution in [1.82, 2.24) is 10.2 Å². The predicted octanol–water partition coefficient (Wildman–Crippen LogP) is 3.49. The highest BCUT2D eigenvalue weighted by molar-refractivity contribution is 7.11. The van der Waals surface area contributed by atoms with Crippen molar-refractivity contribution in [2.75, 3.05) is 26.7 Å². The first kappa shape index (κ1) is 16.9. The fraction of sp³-hybridized carbons (Fsp3) is 0.765. The van der Waals surface area contributed by atoms with Crippen LogP contribution in [0, 0.1) is 5.92 Å². The lowest BCUT2D eigenvalue weighted by atomic mass is 10.1. The molecule has 1 saturated heterocycles. The fourth-order valence-corrected chi connectivity index (χ4v) is 3.78. The van der Waals surface area contributed by atoms with E-state index in [1.54, 1.807) is 0 Å². The van der Waals surface area contributed by atoms with Crippen LogP contribution in [-0.4, -0.2) is 37.7 Å². The number of thiophene rings is 1. The third-order valence-electron chi connectivity index (χ3n) is 3.78. The lowest BCUT2D eigenvalue weighted by molar-refractivity contribution is -0.00245. The summed E-state index contributed by atoms with van der Waals surface area (Å²) < 4.78 is 5.82. The first-order valence-corrected chi connectivity index (χ1v) is 9.03. The lowest BCUT2D eigenvalue weighted by Gasteiger charge is -2.27. The second-order valence-corrected chi connectivity index (χ2v) is 7.83. The highest BCUT2D eigenvalue weighted by Crippen LogP contribution is 2.19. The molecule has 0 radical (unpaired) electrons. The van der Waals surface area contributed by atoms with Gasteiger partial charge in [-0.15, -0.1) is 11.3 Å². The van der Waals surface area contributed by atoms with Gasteiger partial charge >= 0.3 is 0 Å². The van der Waals surface area contributed by atoms with E-state index in [2.05, 4.69) is 43.2 Å². The number of hydrogen-bond donors (Lipinski definition) is 1. The topological polar surface area (TPSA) is 24.5 Å². The van der Waals surface area contributed by atoms with Gasteiger partial charge < -0.3 is 10.1 Å². The predicted molar refractivity (Wildman–Crippen MR) is 90.8 cm³/mol. The van der Waals surface area contributed by atoms with Crippen LogP contribution < -0.4 is 5.32 Å². The Bertz CT molecular complexity index is 399. The monoisotopic (exact) mass is 310 g/mol. The zero-order valence-electron chi connectivity index (χ0n) is 13.7. The Morgan fingerprint density at radius 3 is 2.86 bits per heavy atom. The van der Waals surface area contributed by atoms with Crippen LogP contribution >= 0.6 is 11.3 Å². The van der Waals surface area contributed by atoms with E-state index < -0.39 is 0 Å². The molecule has 1 aliphatic heterocycles. The molecule has 1 aliphatic rings. The van der Waals surface area contributed by atoms with E-state index in [1.807, 2.05) is 11.3 Å². The van der Waals surface area contributed by atoms with E-state index in [-0.39, 0.29) is 0 Å². The average molecular weight is 311 g/mol. The van der Waals surface area contributed by atoms with Gasteiger partial charge in [0, 0.05) is 36.0 Å². The van der Waals surface area contributed by atoms with Crippen molar-refractivity contribution >= 4 is 11.3 Å². The molecule has 4 heteroatoms. The van der Waals surface area contributed by atoms with Gasteiger partial charge in [-0.3, -0.25) is 4.90 Å². The summed E-state index contributed by atoms with van der Waals surface area (Å²) in [7, 11) is 2.20. The second-order valence-electron chi connectivity index (χ2n) is 6.58. The van der Waals surface area contributed by atoms with Gasteiger partial charge in [0.15, 0.2) is 0 Å². The van der Waals surface area contributed by atoms with Gasteiger partial charge in [-0.25, -0.2) is 0 Å². The van der Waals surface area contributed by atoms with Gasteiger partial charge in [-0.1, -0.05) is 13.8 Å². The Morgan fingerprint density at radius 2 is 2.14 bits per heavy atom. The zero-order chi connectivity index (χ0) is 15.1. The van der Waals surface area contributed by atoms with Gasteiger partial charge in [-0.05, 0) is 50.9 Å². The number of ether oxygens (including phenoxy) is 1. The van der Waals surface area contributed by atoms with Crippen LogP contribution in [0.15, 0.2) is 12.1 Å². The highest BCUT2D eigenvalue weighted by Gasteiger charge is 2.16. The van der Waals surface area contributed by atoms with Crippen molar-refractivity contribution in [3.8, 4) is 0 Å². The van der Waals surface area contributed by atoms with Gasteiger partial charge in [0.25, 0.3) is 0 Å². The molecule has 1 aromatic rings. The van der Waals surface area contributed by atoms with Crippen molar-refractivity contribution in [2.45, 2.75) is 52.3 Å². The van der Waals surface area contributed by atoms with Crippen LogP contribution in [0.5, 0.6) is 0 Å². The van der Waals surface area contributed by atoms with E-state index >= 15 is 0 Å². The molecule has 1 fully saturated rings. The first-order valence-electron chi connectivity index (χ1n) is 8.22. The maximum absolute atomic E-state index is 5.82. The molecule has 0 saturated carbocycles. The van der Waals surface area contributed by atoms with Crippen LogP contribution in [0.2, 0.25) is 0 Å². The molecule has 1 unspecified atom stereocenters. The highest BCUT2D eigenvalue weighted by atomic mass is 32.1. The maximum atomic E-state index is 5.82. The molecule has 1 N–H and O–H groups in total. The fourth-order valence-electron chi connectivity index (χ4n) is 2.72. The van der Waals surface area contributed by atoms with Crippen LogP contribution in [0.4, 0.5) is 0 Å². The summed E-state index contributed by atoms with van der Waals surface area (Å²) in [5.41, 5.74) is 0. The third kappa shape index (κ3) is 6.47. The number of likely N-dealkylation sites (N-methyl/N-ethyl adjacent to an activating group) is 1. The average Bonchev–Trinajstić information content (AvgIpc) is 2.86. The lowest BCUT2D eigenvalue weighted by Crippen LogP contribution is -2.32. The quantitative estimate of drug-likeness (QED) is 0.795. The van der Waals surface area contributed by atoms with E-state index in [0.717, 1.165) is 32.8 Å². The smallest absolute Gasteiger partial charge is 0.0702 e.